The van der Waals surface area contributed by atoms with Crippen LogP contribution in [0.4, 0.5) is 0 Å². The average Bonchev–Trinajstić information content (AvgIpc) is 2.97. The van der Waals surface area contributed by atoms with Gasteiger partial charge in [0.1, 0.15) is 5.76 Å². The van der Waals surface area contributed by atoms with Crippen molar-refractivity contribution >= 4 is 0 Å². The molecule has 2 aliphatic rings. The van der Waals surface area contributed by atoms with E-state index in [1.807, 2.05) is 6.26 Å². The molecule has 0 radical (unpaired) electrons. The molecule has 0 spiro atoms. The molecule has 2 heterocycles. The molecule has 1 N–H and O–H groups in total. The zero-order valence-corrected chi connectivity index (χ0v) is 13.6. The van der Waals surface area contributed by atoms with Gasteiger partial charge in [0.05, 0.1) is 6.26 Å². The van der Waals surface area contributed by atoms with E-state index in [9.17, 15) is 0 Å². The van der Waals surface area contributed by atoms with Crippen LogP contribution in [0.25, 0.3) is 0 Å². The molecule has 3 heteroatoms. The van der Waals surface area contributed by atoms with Gasteiger partial charge in [-0.2, -0.15) is 0 Å². The van der Waals surface area contributed by atoms with Gasteiger partial charge in [-0.3, -0.25) is 0 Å². The first-order valence-corrected chi connectivity index (χ1v) is 8.82. The van der Waals surface area contributed by atoms with Crippen LogP contribution in [-0.4, -0.2) is 30.6 Å². The Morgan fingerprint density at radius 2 is 2.29 bits per heavy atom. The van der Waals surface area contributed by atoms with E-state index in [0.717, 1.165) is 12.3 Å². The third kappa shape index (κ3) is 3.51. The highest BCUT2D eigenvalue weighted by Crippen LogP contribution is 2.32. The zero-order chi connectivity index (χ0) is 14.7. The summed E-state index contributed by atoms with van der Waals surface area (Å²) in [5.74, 6) is 2.00. The van der Waals surface area contributed by atoms with Crippen molar-refractivity contribution < 1.29 is 4.42 Å². The summed E-state index contributed by atoms with van der Waals surface area (Å²) in [4.78, 5) is 2.65. The van der Waals surface area contributed by atoms with E-state index in [2.05, 4.69) is 30.1 Å². The van der Waals surface area contributed by atoms with Crippen molar-refractivity contribution in [3.63, 3.8) is 0 Å². The van der Waals surface area contributed by atoms with Crippen LogP contribution in [-0.2, 0) is 6.42 Å². The molecule has 0 aromatic carbocycles. The topological polar surface area (TPSA) is 28.4 Å². The third-order valence-corrected chi connectivity index (χ3v) is 5.30. The minimum absolute atomic E-state index is 0.504. The van der Waals surface area contributed by atoms with E-state index in [-0.39, 0.29) is 0 Å². The fraction of sp³-hybridized carbons (Fsp3) is 0.778. The number of furan rings is 1. The van der Waals surface area contributed by atoms with E-state index < -0.39 is 0 Å². The second-order valence-electron chi connectivity index (χ2n) is 6.90. The number of hydrogen-bond donors (Lipinski definition) is 1. The number of rotatable bonds is 5. The van der Waals surface area contributed by atoms with Crippen LogP contribution in [0.3, 0.4) is 0 Å². The van der Waals surface area contributed by atoms with E-state index in [1.54, 1.807) is 0 Å². The Bertz CT molecular complexity index is 440. The van der Waals surface area contributed by atoms with E-state index in [1.165, 1.54) is 63.1 Å². The van der Waals surface area contributed by atoms with Crippen LogP contribution in [0, 0.1) is 5.92 Å². The van der Waals surface area contributed by atoms with Gasteiger partial charge in [-0.25, -0.2) is 0 Å². The van der Waals surface area contributed by atoms with E-state index in [0.29, 0.717) is 12.1 Å². The molecule has 118 valence electrons. The summed E-state index contributed by atoms with van der Waals surface area (Å²) in [5.41, 5.74) is 1.41. The van der Waals surface area contributed by atoms with Crippen molar-refractivity contribution in [2.75, 3.05) is 19.6 Å². The number of hydrogen-bond acceptors (Lipinski definition) is 3. The lowest BCUT2D eigenvalue weighted by Gasteiger charge is -2.38. The van der Waals surface area contributed by atoms with E-state index in [4.69, 9.17) is 4.42 Å². The fourth-order valence-corrected chi connectivity index (χ4v) is 4.13. The monoisotopic (exact) mass is 290 g/mol. The Morgan fingerprint density at radius 1 is 1.38 bits per heavy atom. The summed E-state index contributed by atoms with van der Waals surface area (Å²) in [6.45, 7) is 8.50. The number of piperidine rings is 1. The first-order chi connectivity index (χ1) is 10.3. The number of aryl methyl sites for hydroxylation is 1. The Labute approximate surface area is 129 Å². The molecular weight excluding hydrogens is 260 g/mol. The molecule has 1 saturated heterocycles. The Morgan fingerprint density at radius 3 is 3.14 bits per heavy atom. The normalized spacial score (nSPS) is 28.3. The molecule has 21 heavy (non-hydrogen) atoms. The van der Waals surface area contributed by atoms with Gasteiger partial charge in [0, 0.05) is 30.6 Å². The number of likely N-dealkylation sites (tertiary alicyclic amines) is 1. The van der Waals surface area contributed by atoms with E-state index >= 15 is 0 Å². The lowest BCUT2D eigenvalue weighted by molar-refractivity contribution is 0.145. The Kier molecular flexibility index (Phi) is 5.02. The molecule has 3 rings (SSSR count). The molecule has 0 bridgehead atoms. The molecule has 3 nitrogen and oxygen atoms in total. The van der Waals surface area contributed by atoms with Crippen molar-refractivity contribution in [2.24, 2.45) is 5.92 Å². The summed E-state index contributed by atoms with van der Waals surface area (Å²) in [6.07, 6.45) is 9.48. The largest absolute Gasteiger partial charge is 0.469 e. The molecule has 1 aliphatic carbocycles. The summed E-state index contributed by atoms with van der Waals surface area (Å²) in [6, 6.07) is 3.27. The maximum absolute atomic E-state index is 5.61. The van der Waals surface area contributed by atoms with Crippen LogP contribution in [0.1, 0.15) is 63.3 Å². The second-order valence-corrected chi connectivity index (χ2v) is 6.90. The van der Waals surface area contributed by atoms with Crippen molar-refractivity contribution in [3.05, 3.63) is 23.7 Å². The molecular formula is C18H30N2O. The predicted molar refractivity (Wildman–Crippen MR) is 86.4 cm³/mol. The summed E-state index contributed by atoms with van der Waals surface area (Å²) in [7, 11) is 0. The molecule has 1 aromatic heterocycles. The van der Waals surface area contributed by atoms with Crippen molar-refractivity contribution in [1.29, 1.82) is 0 Å². The van der Waals surface area contributed by atoms with Crippen molar-refractivity contribution in [2.45, 2.75) is 64.5 Å². The SMILES string of the molecule is CCCN1CCCC(C(C)NC2CCCc3occc32)C1. The highest BCUT2D eigenvalue weighted by atomic mass is 16.3. The molecule has 3 atom stereocenters. The number of fused-ring (bicyclic) bond motifs is 1. The predicted octanol–water partition coefficient (Wildman–Crippen LogP) is 3.76. The molecule has 1 aliphatic heterocycles. The van der Waals surface area contributed by atoms with Crippen LogP contribution in [0.2, 0.25) is 0 Å². The maximum atomic E-state index is 5.61. The average molecular weight is 290 g/mol. The minimum atomic E-state index is 0.504. The molecule has 0 saturated carbocycles. The van der Waals surface area contributed by atoms with Gasteiger partial charge in [0.25, 0.3) is 0 Å². The lowest BCUT2D eigenvalue weighted by atomic mass is 9.88. The number of nitrogens with zero attached hydrogens (tertiary/aromatic N) is 1. The first kappa shape index (κ1) is 15.1. The molecule has 1 aromatic rings. The zero-order valence-electron chi connectivity index (χ0n) is 13.6. The van der Waals surface area contributed by atoms with Gasteiger partial charge in [-0.05, 0) is 64.1 Å². The second kappa shape index (κ2) is 6.97. The van der Waals surface area contributed by atoms with Crippen LogP contribution < -0.4 is 5.32 Å². The van der Waals surface area contributed by atoms with Gasteiger partial charge >= 0.3 is 0 Å². The van der Waals surface area contributed by atoms with Crippen LogP contribution in [0.5, 0.6) is 0 Å². The van der Waals surface area contributed by atoms with Crippen molar-refractivity contribution in [3.8, 4) is 0 Å². The van der Waals surface area contributed by atoms with Gasteiger partial charge < -0.3 is 14.6 Å². The standard InChI is InChI=1S/C18H30N2O/c1-3-10-20-11-5-6-15(13-20)14(2)19-17-7-4-8-18-16(17)9-12-21-18/h9,12,14-15,17,19H,3-8,10-11,13H2,1-2H3. The smallest absolute Gasteiger partial charge is 0.108 e. The summed E-state index contributed by atoms with van der Waals surface area (Å²) < 4.78 is 5.61. The van der Waals surface area contributed by atoms with Gasteiger partial charge in [0.15, 0.2) is 0 Å². The van der Waals surface area contributed by atoms with Crippen LogP contribution >= 0.6 is 0 Å². The minimum Gasteiger partial charge on any atom is -0.469 e. The van der Waals surface area contributed by atoms with Crippen molar-refractivity contribution in [1.82, 2.24) is 10.2 Å². The molecule has 0 amide bonds. The fourth-order valence-electron chi connectivity index (χ4n) is 4.13. The van der Waals surface area contributed by atoms with Gasteiger partial charge in [0.2, 0.25) is 0 Å². The molecule has 1 fully saturated rings. The maximum Gasteiger partial charge on any atom is 0.108 e. The number of nitrogens with one attached hydrogen (secondary N) is 1. The highest BCUT2D eigenvalue weighted by molar-refractivity contribution is 5.24. The quantitative estimate of drug-likeness (QED) is 0.895. The first-order valence-electron chi connectivity index (χ1n) is 8.82. The Balaban J connectivity index is 1.58. The van der Waals surface area contributed by atoms with Crippen LogP contribution in [0.15, 0.2) is 16.7 Å². The third-order valence-electron chi connectivity index (χ3n) is 5.30. The lowest BCUT2D eigenvalue weighted by Crippen LogP contribution is -2.45. The molecule has 3 unspecified atom stereocenters. The highest BCUT2D eigenvalue weighted by Gasteiger charge is 2.28. The Hall–Kier alpha value is -0.800. The van der Waals surface area contributed by atoms with Gasteiger partial charge in [-0.15, -0.1) is 0 Å². The summed E-state index contributed by atoms with van der Waals surface area (Å²) in [5, 5.41) is 3.91. The summed E-state index contributed by atoms with van der Waals surface area (Å²) >= 11 is 0. The van der Waals surface area contributed by atoms with Gasteiger partial charge in [-0.1, -0.05) is 6.92 Å².